The first-order valence-corrected chi connectivity index (χ1v) is 3.65. The highest BCUT2D eigenvalue weighted by molar-refractivity contribution is 6.40. The molecule has 4 N–H and O–H groups in total. The molecule has 0 unspecified atom stereocenters. The number of aliphatic hydroxyl groups excluding tert-OH is 1. The van der Waals surface area contributed by atoms with Crippen LogP contribution >= 0.6 is 46.4 Å². The van der Waals surface area contributed by atoms with Crippen molar-refractivity contribution in [2.24, 2.45) is 0 Å². The molecule has 0 atom stereocenters. The molecule has 0 heterocycles. The molecule has 0 aliphatic heterocycles. The third-order valence-electron chi connectivity index (χ3n) is 0. The van der Waals surface area contributed by atoms with Gasteiger partial charge in [0.1, 0.15) is 0 Å². The third-order valence-corrected chi connectivity index (χ3v) is 0. The van der Waals surface area contributed by atoms with Gasteiger partial charge >= 0.3 is 0 Å². The van der Waals surface area contributed by atoms with Crippen molar-refractivity contribution in [3.63, 3.8) is 0 Å². The van der Waals surface area contributed by atoms with E-state index in [1.54, 1.807) is 0 Å². The van der Waals surface area contributed by atoms with Gasteiger partial charge < -0.3 is 11.3 Å². The van der Waals surface area contributed by atoms with E-state index < -0.39 is 0 Å². The fourth-order valence-electron chi connectivity index (χ4n) is 0. The van der Waals surface area contributed by atoms with Crippen LogP contribution in [0.3, 0.4) is 0 Å². The molecular formula is C3H11Cl4NO. The first-order chi connectivity index (χ1) is 3.83. The van der Waals surface area contributed by atoms with Gasteiger partial charge in [-0.2, -0.15) is 0 Å². The molecule has 0 radical (unpaired) electrons. The molecular weight excluding hydrogens is 208 g/mol. The van der Waals surface area contributed by atoms with Crippen LogP contribution in [0.1, 0.15) is 0 Å². The van der Waals surface area contributed by atoms with Crippen LogP contribution < -0.4 is 6.15 Å². The lowest BCUT2D eigenvalue weighted by Crippen LogP contribution is -1.25. The number of hydrogen-bond donors (Lipinski definition) is 2. The predicted molar refractivity (Wildman–Crippen MR) is 46.3 cm³/mol. The lowest BCUT2D eigenvalue weighted by Gasteiger charge is -1.42. The summed E-state index contributed by atoms with van der Waals surface area (Å²) < 4.78 is 0. The zero-order valence-corrected chi connectivity index (χ0v) is 8.10. The van der Waals surface area contributed by atoms with Gasteiger partial charge in [-0.1, -0.05) is 0 Å². The highest BCUT2D eigenvalue weighted by Crippen LogP contribution is 1.73. The van der Waals surface area contributed by atoms with Gasteiger partial charge in [-0.15, -0.1) is 46.4 Å². The minimum atomic E-state index is 0. The molecule has 0 rings (SSSR count). The number of halogens is 4. The maximum absolute atomic E-state index is 7.00. The summed E-state index contributed by atoms with van der Waals surface area (Å²) in [6, 6.07) is 0. The molecule has 0 amide bonds. The first kappa shape index (κ1) is 22.5. The number of aliphatic hydroxyl groups is 1. The van der Waals surface area contributed by atoms with Crippen LogP contribution in [0.15, 0.2) is 0 Å². The Morgan fingerprint density at radius 1 is 0.889 bits per heavy atom. The second-order valence-corrected chi connectivity index (χ2v) is 1.82. The Labute approximate surface area is 75.6 Å². The second kappa shape index (κ2) is 62.5. The Kier molecular flexibility index (Phi) is 156. The van der Waals surface area contributed by atoms with Gasteiger partial charge in [0.15, 0.2) is 0 Å². The molecule has 62 valence electrons. The van der Waals surface area contributed by atoms with E-state index in [-0.39, 0.29) is 16.8 Å². The van der Waals surface area contributed by atoms with Crippen molar-refractivity contribution in [3.8, 4) is 0 Å². The fourth-order valence-corrected chi connectivity index (χ4v) is 0. The smallest absolute Gasteiger partial charge is 0.0967 e. The second-order valence-electron chi connectivity index (χ2n) is 0.202. The van der Waals surface area contributed by atoms with E-state index in [1.165, 1.54) is 0 Å². The maximum atomic E-state index is 7.00. The molecule has 6 heteroatoms. The highest BCUT2D eigenvalue weighted by atomic mass is 35.5. The minimum Gasteiger partial charge on any atom is -0.400 e. The van der Waals surface area contributed by atoms with Crippen molar-refractivity contribution < 1.29 is 5.11 Å². The molecule has 0 aromatic carbocycles. The topological polar surface area (TPSA) is 55.2 Å². The number of hydrogen-bond acceptors (Lipinski definition) is 2. The Balaban J connectivity index is -0.0000000202. The summed E-state index contributed by atoms with van der Waals surface area (Å²) in [5.41, 5.74) is 0. The fraction of sp³-hybridized carbons (Fsp3) is 1.00. The lowest BCUT2D eigenvalue weighted by molar-refractivity contribution is 0.399. The van der Waals surface area contributed by atoms with Gasteiger partial charge in [-0.3, -0.25) is 0 Å². The molecule has 0 saturated heterocycles. The summed E-state index contributed by atoms with van der Waals surface area (Å²) in [5.74, 6) is 0. The summed E-state index contributed by atoms with van der Waals surface area (Å²) >= 11 is 19.1. The summed E-state index contributed by atoms with van der Waals surface area (Å²) in [6.45, 7) is 0. The highest BCUT2D eigenvalue weighted by Gasteiger charge is 1.42. The average molecular weight is 219 g/mol. The molecule has 9 heavy (non-hydrogen) atoms. The standard InChI is InChI=1S/2CH2Cl2.CH4O.H3N/c2*2-1-3;1-2;/h2*1H2;2H,1H3;1H3. The van der Waals surface area contributed by atoms with Gasteiger partial charge in [0.05, 0.1) is 10.7 Å². The molecule has 0 saturated carbocycles. The predicted octanol–water partition coefficient (Wildman–Crippen LogP) is 2.61. The van der Waals surface area contributed by atoms with Crippen molar-refractivity contribution in [2.75, 3.05) is 17.8 Å². The molecule has 0 aliphatic rings. The maximum Gasteiger partial charge on any atom is 0.0967 e. The van der Waals surface area contributed by atoms with Crippen molar-refractivity contribution in [2.45, 2.75) is 0 Å². The van der Waals surface area contributed by atoms with Crippen LogP contribution in [0, 0.1) is 0 Å². The minimum absolute atomic E-state index is 0. The van der Waals surface area contributed by atoms with Crippen LogP contribution in [0.2, 0.25) is 0 Å². The average Bonchev–Trinajstić information content (AvgIpc) is 1.75. The Morgan fingerprint density at radius 2 is 0.889 bits per heavy atom. The van der Waals surface area contributed by atoms with E-state index in [4.69, 9.17) is 51.5 Å². The summed E-state index contributed by atoms with van der Waals surface area (Å²) in [4.78, 5) is 0. The van der Waals surface area contributed by atoms with E-state index in [9.17, 15) is 0 Å². The number of rotatable bonds is 0. The number of alkyl halides is 4. The monoisotopic (exact) mass is 217 g/mol. The normalized spacial score (nSPS) is 4.67. The largest absolute Gasteiger partial charge is 0.400 e. The molecule has 0 aromatic heterocycles. The van der Waals surface area contributed by atoms with E-state index >= 15 is 0 Å². The van der Waals surface area contributed by atoms with Gasteiger partial charge in [-0.25, -0.2) is 0 Å². The van der Waals surface area contributed by atoms with Crippen molar-refractivity contribution in [1.29, 1.82) is 0 Å². The zero-order valence-electron chi connectivity index (χ0n) is 5.08. The molecule has 0 aliphatic carbocycles. The van der Waals surface area contributed by atoms with Crippen LogP contribution in [-0.4, -0.2) is 22.9 Å². The molecule has 0 spiro atoms. The van der Waals surface area contributed by atoms with Crippen molar-refractivity contribution >= 4 is 46.4 Å². The third kappa shape index (κ3) is 390. The van der Waals surface area contributed by atoms with E-state index in [2.05, 4.69) is 0 Å². The van der Waals surface area contributed by atoms with Crippen molar-refractivity contribution in [1.82, 2.24) is 6.15 Å². The SMILES string of the molecule is CO.ClCCl.ClCCl.N. The van der Waals surface area contributed by atoms with Gasteiger partial charge in [0.2, 0.25) is 0 Å². The van der Waals surface area contributed by atoms with Gasteiger partial charge in [0, 0.05) is 7.11 Å². The van der Waals surface area contributed by atoms with Crippen LogP contribution in [0.4, 0.5) is 0 Å². The van der Waals surface area contributed by atoms with Gasteiger partial charge in [0.25, 0.3) is 0 Å². The Bertz CT molecular complexity index is 17.8. The lowest BCUT2D eigenvalue weighted by atomic mass is 11.8. The van der Waals surface area contributed by atoms with Crippen LogP contribution in [0.25, 0.3) is 0 Å². The molecule has 0 fully saturated rings. The quantitative estimate of drug-likeness (QED) is 0.615. The van der Waals surface area contributed by atoms with E-state index in [0.717, 1.165) is 7.11 Å². The summed E-state index contributed by atoms with van der Waals surface area (Å²) in [6.07, 6.45) is 0. The summed E-state index contributed by atoms with van der Waals surface area (Å²) in [7, 11) is 1.00. The molecule has 2 nitrogen and oxygen atoms in total. The molecule has 0 aromatic rings. The zero-order chi connectivity index (χ0) is 7.41. The van der Waals surface area contributed by atoms with Crippen molar-refractivity contribution in [3.05, 3.63) is 0 Å². The van der Waals surface area contributed by atoms with E-state index in [1.807, 2.05) is 0 Å². The van der Waals surface area contributed by atoms with Gasteiger partial charge in [-0.05, 0) is 0 Å². The Hall–Kier alpha value is 1.08. The Morgan fingerprint density at radius 3 is 0.889 bits per heavy atom. The van der Waals surface area contributed by atoms with E-state index in [0.29, 0.717) is 0 Å². The van der Waals surface area contributed by atoms with Crippen LogP contribution in [0.5, 0.6) is 0 Å². The van der Waals surface area contributed by atoms with Crippen LogP contribution in [-0.2, 0) is 0 Å². The first-order valence-electron chi connectivity index (χ1n) is 1.52. The summed E-state index contributed by atoms with van der Waals surface area (Å²) in [5, 5.41) is 7.39. The molecule has 0 bridgehead atoms.